The molecule has 4 rings (SSSR count). The zero-order chi connectivity index (χ0) is 20.2. The van der Waals surface area contributed by atoms with Crippen molar-refractivity contribution in [3.8, 4) is 5.75 Å². The van der Waals surface area contributed by atoms with E-state index in [9.17, 15) is 4.79 Å². The number of hydrogen-bond donors (Lipinski definition) is 0. The maximum Gasteiger partial charge on any atom is 0.247 e. The van der Waals surface area contributed by atoms with Crippen LogP contribution < -0.4 is 4.74 Å². The van der Waals surface area contributed by atoms with Crippen LogP contribution in [-0.4, -0.2) is 23.7 Å². The topological polar surface area (TPSA) is 41.9 Å². The van der Waals surface area contributed by atoms with Crippen LogP contribution in [0.3, 0.4) is 0 Å². The maximum absolute atomic E-state index is 13.1. The van der Waals surface area contributed by atoms with Gasteiger partial charge in [-0.1, -0.05) is 70.5 Å². The second-order valence-electron chi connectivity index (χ2n) is 6.95. The molecule has 0 saturated heterocycles. The van der Waals surface area contributed by atoms with Gasteiger partial charge in [0, 0.05) is 10.9 Å². The molecule has 5 heteroatoms. The van der Waals surface area contributed by atoms with Crippen LogP contribution in [0.5, 0.6) is 5.75 Å². The summed E-state index contributed by atoms with van der Waals surface area (Å²) in [4.78, 5) is 13.1. The highest BCUT2D eigenvalue weighted by Gasteiger charge is 2.33. The van der Waals surface area contributed by atoms with Gasteiger partial charge in [-0.05, 0) is 41.0 Å². The molecular formula is C24H21BrN2O2. The molecular weight excluding hydrogens is 428 g/mol. The van der Waals surface area contributed by atoms with Crippen molar-refractivity contribution < 1.29 is 9.53 Å². The summed E-state index contributed by atoms with van der Waals surface area (Å²) in [6.45, 7) is 0. The van der Waals surface area contributed by atoms with Gasteiger partial charge in [0.05, 0.1) is 25.3 Å². The number of hydrazone groups is 1. The van der Waals surface area contributed by atoms with Crippen molar-refractivity contribution in [1.29, 1.82) is 0 Å². The Morgan fingerprint density at radius 1 is 1.03 bits per heavy atom. The summed E-state index contributed by atoms with van der Waals surface area (Å²) in [7, 11) is 1.65. The van der Waals surface area contributed by atoms with E-state index in [0.717, 1.165) is 32.6 Å². The lowest BCUT2D eigenvalue weighted by Gasteiger charge is -2.22. The van der Waals surface area contributed by atoms with Gasteiger partial charge in [-0.2, -0.15) is 5.10 Å². The number of benzene rings is 3. The third-order valence-corrected chi connectivity index (χ3v) is 5.57. The fourth-order valence-electron chi connectivity index (χ4n) is 3.49. The summed E-state index contributed by atoms with van der Waals surface area (Å²) in [6, 6.07) is 25.6. The molecule has 29 heavy (non-hydrogen) atoms. The molecule has 3 aromatic rings. The Bertz CT molecular complexity index is 1020. The Morgan fingerprint density at radius 3 is 2.38 bits per heavy atom. The van der Waals surface area contributed by atoms with Crippen molar-refractivity contribution in [3.05, 3.63) is 100 Å². The van der Waals surface area contributed by atoms with Gasteiger partial charge in [-0.25, -0.2) is 5.01 Å². The van der Waals surface area contributed by atoms with Crippen LogP contribution >= 0.6 is 15.9 Å². The highest BCUT2D eigenvalue weighted by Crippen LogP contribution is 2.34. The lowest BCUT2D eigenvalue weighted by molar-refractivity contribution is -0.132. The van der Waals surface area contributed by atoms with Crippen molar-refractivity contribution in [2.75, 3.05) is 7.11 Å². The summed E-state index contributed by atoms with van der Waals surface area (Å²) in [5, 5.41) is 6.38. The smallest absolute Gasteiger partial charge is 0.247 e. The lowest BCUT2D eigenvalue weighted by atomic mass is 9.98. The van der Waals surface area contributed by atoms with E-state index in [1.165, 1.54) is 0 Å². The van der Waals surface area contributed by atoms with E-state index in [0.29, 0.717) is 12.8 Å². The number of carbonyl (C=O) groups is 1. The second-order valence-corrected chi connectivity index (χ2v) is 7.86. The molecule has 0 fully saturated rings. The van der Waals surface area contributed by atoms with Crippen LogP contribution in [-0.2, 0) is 11.2 Å². The van der Waals surface area contributed by atoms with Gasteiger partial charge in [0.1, 0.15) is 5.75 Å². The molecule has 0 saturated carbocycles. The fourth-order valence-corrected chi connectivity index (χ4v) is 3.76. The van der Waals surface area contributed by atoms with Gasteiger partial charge in [-0.15, -0.1) is 0 Å². The van der Waals surface area contributed by atoms with E-state index < -0.39 is 0 Å². The number of rotatable bonds is 5. The molecule has 4 nitrogen and oxygen atoms in total. The van der Waals surface area contributed by atoms with Gasteiger partial charge in [0.25, 0.3) is 0 Å². The highest BCUT2D eigenvalue weighted by molar-refractivity contribution is 9.10. The molecule has 1 aliphatic heterocycles. The van der Waals surface area contributed by atoms with Gasteiger partial charge in [0.15, 0.2) is 0 Å². The fraction of sp³-hybridized carbons (Fsp3) is 0.167. The van der Waals surface area contributed by atoms with E-state index in [2.05, 4.69) is 15.9 Å². The van der Waals surface area contributed by atoms with E-state index in [4.69, 9.17) is 9.84 Å². The molecule has 1 aliphatic rings. The first kappa shape index (κ1) is 19.4. The average Bonchev–Trinajstić information content (AvgIpc) is 3.21. The molecule has 0 bridgehead atoms. The largest absolute Gasteiger partial charge is 0.497 e. The molecule has 3 aromatic carbocycles. The number of ether oxygens (including phenoxy) is 1. The van der Waals surface area contributed by atoms with E-state index in [1.807, 2.05) is 78.9 Å². The minimum absolute atomic E-state index is 0.0101. The molecule has 0 aromatic heterocycles. The number of carbonyl (C=O) groups excluding carboxylic acids is 1. The van der Waals surface area contributed by atoms with Crippen LogP contribution in [0.1, 0.15) is 29.2 Å². The average molecular weight is 449 g/mol. The summed E-state index contributed by atoms with van der Waals surface area (Å²) in [5.74, 6) is 0.784. The number of hydrogen-bond acceptors (Lipinski definition) is 3. The molecule has 1 heterocycles. The standard InChI is InChI=1S/C24H21BrN2O2/c1-29-21-13-9-19(10-14-21)23-16-22(18-7-11-20(25)12-8-18)26-27(23)24(28)15-17-5-3-2-4-6-17/h2-14,23H,15-16H2,1H3. The summed E-state index contributed by atoms with van der Waals surface area (Å²) >= 11 is 3.47. The Kier molecular flexibility index (Phi) is 5.76. The molecule has 0 aliphatic carbocycles. The normalized spacial score (nSPS) is 15.9. The Balaban J connectivity index is 1.64. The van der Waals surface area contributed by atoms with Crippen molar-refractivity contribution in [3.63, 3.8) is 0 Å². The zero-order valence-electron chi connectivity index (χ0n) is 16.1. The molecule has 0 spiro atoms. The van der Waals surface area contributed by atoms with Gasteiger partial charge >= 0.3 is 0 Å². The third-order valence-electron chi connectivity index (χ3n) is 5.04. The van der Waals surface area contributed by atoms with Crippen molar-refractivity contribution in [1.82, 2.24) is 5.01 Å². The second kappa shape index (κ2) is 8.62. The van der Waals surface area contributed by atoms with Gasteiger partial charge in [-0.3, -0.25) is 4.79 Å². The van der Waals surface area contributed by atoms with Crippen LogP contribution in [0.25, 0.3) is 0 Å². The SMILES string of the molecule is COc1ccc(C2CC(c3ccc(Br)cc3)=NN2C(=O)Cc2ccccc2)cc1. The molecule has 1 atom stereocenters. The van der Waals surface area contributed by atoms with Crippen LogP contribution in [0.2, 0.25) is 0 Å². The first-order valence-corrected chi connectivity index (χ1v) is 10.3. The predicted octanol–water partition coefficient (Wildman–Crippen LogP) is 5.38. The highest BCUT2D eigenvalue weighted by atomic mass is 79.9. The molecule has 1 unspecified atom stereocenters. The number of amides is 1. The van der Waals surface area contributed by atoms with Gasteiger partial charge in [0.2, 0.25) is 5.91 Å². The summed E-state index contributed by atoms with van der Waals surface area (Å²) in [5.41, 5.74) is 3.97. The minimum Gasteiger partial charge on any atom is -0.497 e. The van der Waals surface area contributed by atoms with Crippen LogP contribution in [0.15, 0.2) is 88.4 Å². The molecule has 1 amide bonds. The van der Waals surface area contributed by atoms with Crippen molar-refractivity contribution in [2.24, 2.45) is 5.10 Å². The summed E-state index contributed by atoms with van der Waals surface area (Å²) in [6.07, 6.45) is 0.999. The van der Waals surface area contributed by atoms with E-state index >= 15 is 0 Å². The van der Waals surface area contributed by atoms with Crippen LogP contribution in [0.4, 0.5) is 0 Å². The van der Waals surface area contributed by atoms with Crippen molar-refractivity contribution >= 4 is 27.5 Å². The maximum atomic E-state index is 13.1. The number of methoxy groups -OCH3 is 1. The van der Waals surface area contributed by atoms with E-state index in [-0.39, 0.29) is 11.9 Å². The van der Waals surface area contributed by atoms with Gasteiger partial charge < -0.3 is 4.74 Å². The zero-order valence-corrected chi connectivity index (χ0v) is 17.7. The molecule has 0 N–H and O–H groups in total. The minimum atomic E-state index is -0.129. The van der Waals surface area contributed by atoms with Crippen LogP contribution in [0, 0.1) is 0 Å². The summed E-state index contributed by atoms with van der Waals surface area (Å²) < 4.78 is 6.29. The Labute approximate surface area is 178 Å². The van der Waals surface area contributed by atoms with E-state index in [1.54, 1.807) is 12.1 Å². The predicted molar refractivity (Wildman–Crippen MR) is 118 cm³/mol. The number of halogens is 1. The monoisotopic (exact) mass is 448 g/mol. The Hall–Kier alpha value is -2.92. The molecule has 146 valence electrons. The number of nitrogens with zero attached hydrogens (tertiary/aromatic N) is 2. The lowest BCUT2D eigenvalue weighted by Crippen LogP contribution is -2.28. The first-order chi connectivity index (χ1) is 14.1. The molecule has 0 radical (unpaired) electrons. The Morgan fingerprint density at radius 2 is 1.72 bits per heavy atom. The first-order valence-electron chi connectivity index (χ1n) is 9.47. The quantitative estimate of drug-likeness (QED) is 0.525. The third kappa shape index (κ3) is 4.40. The van der Waals surface area contributed by atoms with Crippen molar-refractivity contribution in [2.45, 2.75) is 18.9 Å².